The molecule has 4 heteroatoms. The maximum atomic E-state index is 4.34. The SMILES string of the molecule is Cc1cc(I)nn1-c1cccnc1. The largest absolute Gasteiger partial charge is 0.262 e. The van der Waals surface area contributed by atoms with E-state index in [9.17, 15) is 0 Å². The highest BCUT2D eigenvalue weighted by Crippen LogP contribution is 2.11. The second-order valence-corrected chi connectivity index (χ2v) is 3.84. The summed E-state index contributed by atoms with van der Waals surface area (Å²) in [7, 11) is 0. The molecule has 0 aliphatic carbocycles. The lowest BCUT2D eigenvalue weighted by Gasteiger charge is -2.01. The minimum atomic E-state index is 0.999. The molecular formula is C9H8IN3. The molecule has 0 aliphatic rings. The number of halogens is 1. The van der Waals surface area contributed by atoms with Gasteiger partial charge in [-0.3, -0.25) is 4.98 Å². The van der Waals surface area contributed by atoms with E-state index in [1.807, 2.05) is 29.8 Å². The van der Waals surface area contributed by atoms with Crippen molar-refractivity contribution >= 4 is 22.6 Å². The average Bonchev–Trinajstić information content (AvgIpc) is 2.47. The third-order valence-electron chi connectivity index (χ3n) is 1.75. The van der Waals surface area contributed by atoms with E-state index < -0.39 is 0 Å². The highest BCUT2D eigenvalue weighted by atomic mass is 127. The number of nitrogens with zero attached hydrogens (tertiary/aromatic N) is 3. The monoisotopic (exact) mass is 285 g/mol. The number of rotatable bonds is 1. The molecule has 2 heterocycles. The molecule has 13 heavy (non-hydrogen) atoms. The summed E-state index contributed by atoms with van der Waals surface area (Å²) < 4.78 is 2.88. The van der Waals surface area contributed by atoms with Gasteiger partial charge < -0.3 is 0 Å². The first-order valence-electron chi connectivity index (χ1n) is 3.90. The van der Waals surface area contributed by atoms with Gasteiger partial charge in [0.1, 0.15) is 3.70 Å². The van der Waals surface area contributed by atoms with Gasteiger partial charge >= 0.3 is 0 Å². The van der Waals surface area contributed by atoms with Crippen LogP contribution < -0.4 is 0 Å². The number of pyridine rings is 1. The highest BCUT2D eigenvalue weighted by Gasteiger charge is 2.02. The Morgan fingerprint density at radius 3 is 2.85 bits per heavy atom. The fourth-order valence-electron chi connectivity index (χ4n) is 1.18. The summed E-state index contributed by atoms with van der Waals surface area (Å²) in [6, 6.07) is 5.93. The minimum Gasteiger partial charge on any atom is -0.262 e. The Labute approximate surface area is 89.9 Å². The Morgan fingerprint density at radius 2 is 2.31 bits per heavy atom. The van der Waals surface area contributed by atoms with Gasteiger partial charge in [-0.2, -0.15) is 5.10 Å². The summed E-state index contributed by atoms with van der Waals surface area (Å²) in [5.74, 6) is 0. The van der Waals surface area contributed by atoms with Crippen LogP contribution in [0, 0.1) is 10.6 Å². The highest BCUT2D eigenvalue weighted by molar-refractivity contribution is 14.1. The van der Waals surface area contributed by atoms with Crippen LogP contribution in [0.3, 0.4) is 0 Å². The molecule has 0 spiro atoms. The van der Waals surface area contributed by atoms with Crippen LogP contribution >= 0.6 is 22.6 Å². The minimum absolute atomic E-state index is 0.999. The molecular weight excluding hydrogens is 277 g/mol. The van der Waals surface area contributed by atoms with E-state index in [0.29, 0.717) is 0 Å². The molecule has 0 aromatic carbocycles. The molecule has 2 rings (SSSR count). The predicted octanol–water partition coefficient (Wildman–Crippen LogP) is 2.18. The normalized spacial score (nSPS) is 10.3. The second-order valence-electron chi connectivity index (χ2n) is 2.73. The zero-order valence-electron chi connectivity index (χ0n) is 7.11. The molecule has 0 amide bonds. The van der Waals surface area contributed by atoms with Crippen molar-refractivity contribution < 1.29 is 0 Å². The van der Waals surface area contributed by atoms with Gasteiger partial charge in [0.2, 0.25) is 0 Å². The molecule has 0 unspecified atom stereocenters. The van der Waals surface area contributed by atoms with Crippen molar-refractivity contribution in [3.8, 4) is 5.69 Å². The summed E-state index contributed by atoms with van der Waals surface area (Å²) in [5.41, 5.74) is 2.13. The first-order chi connectivity index (χ1) is 6.27. The van der Waals surface area contributed by atoms with Gasteiger partial charge in [0.05, 0.1) is 11.9 Å². The van der Waals surface area contributed by atoms with E-state index in [-0.39, 0.29) is 0 Å². The molecule has 2 aromatic rings. The van der Waals surface area contributed by atoms with Gasteiger partial charge in [-0.05, 0) is 47.7 Å². The molecule has 0 fully saturated rings. The summed E-state index contributed by atoms with van der Waals surface area (Å²) >= 11 is 2.20. The van der Waals surface area contributed by atoms with Crippen LogP contribution in [0.4, 0.5) is 0 Å². The summed E-state index contributed by atoms with van der Waals surface area (Å²) in [6.45, 7) is 2.03. The average molecular weight is 285 g/mol. The molecule has 66 valence electrons. The smallest absolute Gasteiger partial charge is 0.124 e. The zero-order valence-corrected chi connectivity index (χ0v) is 9.26. The van der Waals surface area contributed by atoms with Crippen molar-refractivity contribution in [3.63, 3.8) is 0 Å². The van der Waals surface area contributed by atoms with Crippen LogP contribution in [0.1, 0.15) is 5.69 Å². The molecule has 0 atom stereocenters. The molecule has 0 saturated heterocycles. The van der Waals surface area contributed by atoms with Gasteiger partial charge in [-0.15, -0.1) is 0 Å². The first-order valence-corrected chi connectivity index (χ1v) is 4.98. The third-order valence-corrected chi connectivity index (χ3v) is 2.28. The number of hydrogen-bond donors (Lipinski definition) is 0. The molecule has 0 N–H and O–H groups in total. The van der Waals surface area contributed by atoms with E-state index in [0.717, 1.165) is 15.1 Å². The van der Waals surface area contributed by atoms with E-state index in [4.69, 9.17) is 0 Å². The zero-order chi connectivity index (χ0) is 9.26. The van der Waals surface area contributed by atoms with E-state index >= 15 is 0 Å². The van der Waals surface area contributed by atoms with Crippen LogP contribution in [0.2, 0.25) is 0 Å². The van der Waals surface area contributed by atoms with Crippen molar-refractivity contribution in [2.24, 2.45) is 0 Å². The molecule has 0 radical (unpaired) electrons. The molecule has 0 aliphatic heterocycles. The van der Waals surface area contributed by atoms with E-state index in [2.05, 4.69) is 32.7 Å². The Kier molecular flexibility index (Phi) is 2.30. The second kappa shape index (κ2) is 3.45. The number of aromatic nitrogens is 3. The number of hydrogen-bond acceptors (Lipinski definition) is 2. The van der Waals surface area contributed by atoms with Gasteiger partial charge in [-0.25, -0.2) is 4.68 Å². The maximum Gasteiger partial charge on any atom is 0.124 e. The Morgan fingerprint density at radius 1 is 1.46 bits per heavy atom. The van der Waals surface area contributed by atoms with Crippen LogP contribution in [0.15, 0.2) is 30.6 Å². The molecule has 3 nitrogen and oxygen atoms in total. The molecule has 0 bridgehead atoms. The van der Waals surface area contributed by atoms with Gasteiger partial charge in [0.15, 0.2) is 0 Å². The van der Waals surface area contributed by atoms with Gasteiger partial charge in [-0.1, -0.05) is 0 Å². The predicted molar refractivity (Wildman–Crippen MR) is 58.8 cm³/mol. The maximum absolute atomic E-state index is 4.34. The van der Waals surface area contributed by atoms with Crippen LogP contribution in [0.25, 0.3) is 5.69 Å². The Hall–Kier alpha value is -0.910. The van der Waals surface area contributed by atoms with Crippen molar-refractivity contribution in [1.82, 2.24) is 14.8 Å². The lowest BCUT2D eigenvalue weighted by Crippen LogP contribution is -1.98. The lowest BCUT2D eigenvalue weighted by molar-refractivity contribution is 0.833. The fraction of sp³-hybridized carbons (Fsp3) is 0.111. The standard InChI is InChI=1S/C9H8IN3/c1-7-5-9(10)12-13(7)8-3-2-4-11-6-8/h2-6H,1H3. The van der Waals surface area contributed by atoms with Gasteiger partial charge in [0.25, 0.3) is 0 Å². The van der Waals surface area contributed by atoms with E-state index in [1.54, 1.807) is 12.4 Å². The number of aryl methyl sites for hydroxylation is 1. The Balaban J connectivity index is 2.53. The van der Waals surface area contributed by atoms with Crippen LogP contribution in [-0.4, -0.2) is 14.8 Å². The quantitative estimate of drug-likeness (QED) is 0.752. The van der Waals surface area contributed by atoms with Gasteiger partial charge in [0, 0.05) is 11.9 Å². The summed E-state index contributed by atoms with van der Waals surface area (Å²) in [5, 5.41) is 4.34. The lowest BCUT2D eigenvalue weighted by atomic mass is 10.4. The van der Waals surface area contributed by atoms with Crippen molar-refractivity contribution in [2.75, 3.05) is 0 Å². The third kappa shape index (κ3) is 1.72. The fourth-order valence-corrected chi connectivity index (χ4v) is 1.84. The van der Waals surface area contributed by atoms with Crippen molar-refractivity contribution in [1.29, 1.82) is 0 Å². The summed E-state index contributed by atoms with van der Waals surface area (Å²) in [6.07, 6.45) is 3.56. The van der Waals surface area contributed by atoms with Crippen molar-refractivity contribution in [3.05, 3.63) is 40.0 Å². The topological polar surface area (TPSA) is 30.7 Å². The first kappa shape index (κ1) is 8.68. The van der Waals surface area contributed by atoms with Crippen LogP contribution in [0.5, 0.6) is 0 Å². The van der Waals surface area contributed by atoms with E-state index in [1.165, 1.54) is 0 Å². The van der Waals surface area contributed by atoms with Crippen molar-refractivity contribution in [2.45, 2.75) is 6.92 Å². The van der Waals surface area contributed by atoms with Crippen LogP contribution in [-0.2, 0) is 0 Å². The summed E-state index contributed by atoms with van der Waals surface area (Å²) in [4.78, 5) is 4.05. The molecule has 2 aromatic heterocycles. The Bertz CT molecular complexity index is 408. The molecule has 0 saturated carbocycles.